The first kappa shape index (κ1) is 29.0. The molecule has 0 N–H and O–H groups in total. The molecule has 218 valence electrons. The SMILES string of the molecule is O=P(c1ccc(-c2ccc(P(=O)(C3CCCCC3)C3CCCCC3)cc2)cc1)(C1CCCCC1)C1CCCCC1. The molecule has 4 saturated carbocycles. The number of hydrogen-bond acceptors (Lipinski definition) is 2. The summed E-state index contributed by atoms with van der Waals surface area (Å²) in [6.45, 7) is 0. The van der Waals surface area contributed by atoms with Gasteiger partial charge < -0.3 is 9.13 Å². The van der Waals surface area contributed by atoms with E-state index in [0.717, 1.165) is 62.0 Å². The second kappa shape index (κ2) is 13.0. The maximum atomic E-state index is 15.0. The van der Waals surface area contributed by atoms with Crippen molar-refractivity contribution in [2.75, 3.05) is 0 Å². The summed E-state index contributed by atoms with van der Waals surface area (Å²) < 4.78 is 30.0. The highest BCUT2D eigenvalue weighted by Crippen LogP contribution is 2.63. The lowest BCUT2D eigenvalue weighted by atomic mass is 9.99. The van der Waals surface area contributed by atoms with Gasteiger partial charge >= 0.3 is 0 Å². The Labute approximate surface area is 244 Å². The van der Waals surface area contributed by atoms with Crippen molar-refractivity contribution in [3.63, 3.8) is 0 Å². The average molecular weight is 579 g/mol. The zero-order valence-electron chi connectivity index (χ0n) is 24.8. The number of rotatable bonds is 7. The quantitative estimate of drug-likeness (QED) is 0.306. The van der Waals surface area contributed by atoms with E-state index >= 15 is 0 Å². The van der Waals surface area contributed by atoms with Crippen molar-refractivity contribution in [1.82, 2.24) is 0 Å². The minimum atomic E-state index is -2.43. The van der Waals surface area contributed by atoms with Crippen molar-refractivity contribution in [2.24, 2.45) is 0 Å². The highest BCUT2D eigenvalue weighted by Gasteiger charge is 2.43. The summed E-state index contributed by atoms with van der Waals surface area (Å²) in [6, 6.07) is 17.8. The predicted octanol–water partition coefficient (Wildman–Crippen LogP) is 10.7. The second-order valence-corrected chi connectivity index (χ2v) is 20.5. The summed E-state index contributed by atoms with van der Waals surface area (Å²) >= 11 is 0. The molecule has 0 bridgehead atoms. The summed E-state index contributed by atoms with van der Waals surface area (Å²) in [7, 11) is -4.87. The largest absolute Gasteiger partial charge is 0.318 e. The van der Waals surface area contributed by atoms with Gasteiger partial charge in [0.2, 0.25) is 0 Å². The van der Waals surface area contributed by atoms with Gasteiger partial charge in [-0.2, -0.15) is 0 Å². The fraction of sp³-hybridized carbons (Fsp3) is 0.667. The number of hydrogen-bond donors (Lipinski definition) is 0. The van der Waals surface area contributed by atoms with Crippen LogP contribution in [0.2, 0.25) is 0 Å². The Bertz CT molecular complexity index is 1040. The number of benzene rings is 2. The van der Waals surface area contributed by atoms with E-state index < -0.39 is 14.3 Å². The van der Waals surface area contributed by atoms with E-state index in [2.05, 4.69) is 48.5 Å². The first-order valence-corrected chi connectivity index (χ1v) is 20.7. The van der Waals surface area contributed by atoms with Crippen molar-refractivity contribution < 1.29 is 9.13 Å². The third kappa shape index (κ3) is 5.76. The third-order valence-electron chi connectivity index (χ3n) is 11.3. The lowest BCUT2D eigenvalue weighted by Gasteiger charge is -2.38. The van der Waals surface area contributed by atoms with Crippen LogP contribution in [0, 0.1) is 0 Å². The second-order valence-electron chi connectivity index (χ2n) is 13.7. The van der Waals surface area contributed by atoms with Gasteiger partial charge in [0.15, 0.2) is 0 Å². The summed E-state index contributed by atoms with van der Waals surface area (Å²) in [6.07, 6.45) is 24.4. The molecular weight excluding hydrogens is 526 g/mol. The zero-order chi connectivity index (χ0) is 27.4. The van der Waals surface area contributed by atoms with Gasteiger partial charge in [0.05, 0.1) is 0 Å². The van der Waals surface area contributed by atoms with Crippen molar-refractivity contribution in [1.29, 1.82) is 0 Å². The molecule has 0 spiro atoms. The van der Waals surface area contributed by atoms with E-state index in [0.29, 0.717) is 22.6 Å². The molecule has 0 radical (unpaired) electrons. The van der Waals surface area contributed by atoms with E-state index in [1.54, 1.807) is 0 Å². The van der Waals surface area contributed by atoms with E-state index in [-0.39, 0.29) is 0 Å². The van der Waals surface area contributed by atoms with Crippen LogP contribution in [-0.4, -0.2) is 22.6 Å². The molecule has 4 heteroatoms. The summed E-state index contributed by atoms with van der Waals surface area (Å²) in [4.78, 5) is 0. The lowest BCUT2D eigenvalue weighted by molar-refractivity contribution is 0.452. The van der Waals surface area contributed by atoms with Crippen molar-refractivity contribution >= 4 is 24.9 Å². The van der Waals surface area contributed by atoms with Gasteiger partial charge in [0.1, 0.15) is 14.3 Å². The highest BCUT2D eigenvalue weighted by molar-refractivity contribution is 7.73. The monoisotopic (exact) mass is 578 g/mol. The fourth-order valence-corrected chi connectivity index (χ4v) is 17.7. The van der Waals surface area contributed by atoms with Crippen molar-refractivity contribution in [3.8, 4) is 11.1 Å². The van der Waals surface area contributed by atoms with E-state index in [9.17, 15) is 9.13 Å². The van der Waals surface area contributed by atoms with Gasteiger partial charge in [0, 0.05) is 33.2 Å². The Morgan fingerprint density at radius 3 is 0.800 bits per heavy atom. The Balaban J connectivity index is 1.26. The summed E-state index contributed by atoms with van der Waals surface area (Å²) in [5.41, 5.74) is 3.96. The minimum Gasteiger partial charge on any atom is -0.318 e. The van der Waals surface area contributed by atoms with Crippen LogP contribution in [0.4, 0.5) is 0 Å². The Kier molecular flexibility index (Phi) is 9.45. The molecule has 0 aromatic heterocycles. The maximum absolute atomic E-state index is 15.0. The molecule has 2 nitrogen and oxygen atoms in total. The molecule has 2 aromatic rings. The standard InChI is InChI=1S/C36H52O2P2/c37-39(31-13-5-1-6-14-31,32-15-7-2-8-16-32)35-25-21-29(22-26-35)30-23-27-36(28-24-30)40(38,33-17-9-3-10-18-33)34-19-11-4-12-20-34/h21-28,31-34H,1-20H2. The molecule has 0 aliphatic heterocycles. The molecule has 0 unspecified atom stereocenters. The summed E-state index contributed by atoms with van der Waals surface area (Å²) in [5, 5.41) is 2.29. The lowest BCUT2D eigenvalue weighted by Crippen LogP contribution is -2.29. The minimum absolute atomic E-state index is 0.392. The van der Waals surface area contributed by atoms with Gasteiger partial charge in [-0.3, -0.25) is 0 Å². The third-order valence-corrected chi connectivity index (χ3v) is 20.0. The van der Waals surface area contributed by atoms with Crippen LogP contribution in [0.25, 0.3) is 11.1 Å². The van der Waals surface area contributed by atoms with E-state index in [1.165, 1.54) is 88.2 Å². The molecule has 2 aromatic carbocycles. The normalized spacial score (nSPS) is 23.3. The Morgan fingerprint density at radius 2 is 0.575 bits per heavy atom. The molecule has 4 aliphatic rings. The van der Waals surface area contributed by atoms with Gasteiger partial charge in [-0.25, -0.2) is 0 Å². The highest BCUT2D eigenvalue weighted by atomic mass is 31.2. The molecule has 4 aliphatic carbocycles. The maximum Gasteiger partial charge on any atom is 0.121 e. The van der Waals surface area contributed by atoms with Gasteiger partial charge in [0.25, 0.3) is 0 Å². The molecule has 0 saturated heterocycles. The first-order valence-electron chi connectivity index (χ1n) is 17.0. The van der Waals surface area contributed by atoms with Crippen LogP contribution in [-0.2, 0) is 9.13 Å². The summed E-state index contributed by atoms with van der Waals surface area (Å²) in [5.74, 6) is 0. The van der Waals surface area contributed by atoms with E-state index in [4.69, 9.17) is 0 Å². The van der Waals surface area contributed by atoms with Gasteiger partial charge in [-0.05, 0) is 62.5 Å². The molecule has 4 fully saturated rings. The first-order chi connectivity index (χ1) is 19.6. The molecule has 6 rings (SSSR count). The molecule has 0 heterocycles. The van der Waals surface area contributed by atoms with Crippen molar-refractivity contribution in [2.45, 2.75) is 151 Å². The smallest absolute Gasteiger partial charge is 0.121 e. The van der Waals surface area contributed by atoms with Crippen LogP contribution in [0.1, 0.15) is 128 Å². The van der Waals surface area contributed by atoms with Crippen LogP contribution in [0.15, 0.2) is 48.5 Å². The van der Waals surface area contributed by atoms with Crippen LogP contribution in [0.5, 0.6) is 0 Å². The van der Waals surface area contributed by atoms with Crippen LogP contribution >= 0.6 is 14.3 Å². The van der Waals surface area contributed by atoms with Gasteiger partial charge in [-0.15, -0.1) is 0 Å². The van der Waals surface area contributed by atoms with Crippen LogP contribution < -0.4 is 10.6 Å². The van der Waals surface area contributed by atoms with Crippen LogP contribution in [0.3, 0.4) is 0 Å². The Hall–Kier alpha value is -1.10. The van der Waals surface area contributed by atoms with E-state index in [1.807, 2.05) is 0 Å². The average Bonchev–Trinajstić information content (AvgIpc) is 3.06. The molecular formula is C36H52O2P2. The van der Waals surface area contributed by atoms with Gasteiger partial charge in [-0.1, -0.05) is 126 Å². The van der Waals surface area contributed by atoms with Crippen molar-refractivity contribution in [3.05, 3.63) is 48.5 Å². The molecule has 0 amide bonds. The molecule has 0 atom stereocenters. The fourth-order valence-electron chi connectivity index (χ4n) is 9.07. The Morgan fingerprint density at radius 1 is 0.350 bits per heavy atom. The topological polar surface area (TPSA) is 34.1 Å². The molecule has 40 heavy (non-hydrogen) atoms. The predicted molar refractivity (Wildman–Crippen MR) is 174 cm³/mol. The zero-order valence-corrected chi connectivity index (χ0v) is 26.6.